The Kier molecular flexibility index (Phi) is 3.13. The second-order valence-electron chi connectivity index (χ2n) is 5.91. The van der Waals surface area contributed by atoms with Crippen LogP contribution in [0.2, 0.25) is 0 Å². The van der Waals surface area contributed by atoms with Gasteiger partial charge < -0.3 is 14.4 Å². The summed E-state index contributed by atoms with van der Waals surface area (Å²) < 4.78 is 11.4. The monoisotopic (exact) mass is 298 g/mol. The molecule has 0 radical (unpaired) electrons. The number of ether oxygens (including phenoxy) is 2. The van der Waals surface area contributed by atoms with Gasteiger partial charge in [0.15, 0.2) is 5.79 Å². The minimum Gasteiger partial charge on any atom is -0.346 e. The van der Waals surface area contributed by atoms with Gasteiger partial charge in [0.25, 0.3) is 5.91 Å². The molecule has 1 amide bonds. The number of benzene rings is 1. The molecule has 5 heteroatoms. The summed E-state index contributed by atoms with van der Waals surface area (Å²) in [7, 11) is 0. The predicted octanol–water partition coefficient (Wildman–Crippen LogP) is 2.13. The Bertz CT molecular complexity index is 738. The Morgan fingerprint density at radius 3 is 2.86 bits per heavy atom. The molecule has 2 aliphatic heterocycles. The van der Waals surface area contributed by atoms with Crippen LogP contribution in [0.3, 0.4) is 0 Å². The zero-order valence-electron chi connectivity index (χ0n) is 12.5. The highest BCUT2D eigenvalue weighted by molar-refractivity contribution is 6.05. The summed E-state index contributed by atoms with van der Waals surface area (Å²) >= 11 is 0. The van der Waals surface area contributed by atoms with Crippen molar-refractivity contribution in [1.29, 1.82) is 0 Å². The van der Waals surface area contributed by atoms with Crippen molar-refractivity contribution in [3.05, 3.63) is 41.6 Å². The number of carbonyl (C=O) groups is 1. The molecule has 0 N–H and O–H groups in total. The van der Waals surface area contributed by atoms with Crippen molar-refractivity contribution in [2.45, 2.75) is 19.1 Å². The van der Waals surface area contributed by atoms with Gasteiger partial charge in [-0.15, -0.1) is 0 Å². The van der Waals surface area contributed by atoms with Gasteiger partial charge in [0.05, 0.1) is 30.8 Å². The van der Waals surface area contributed by atoms with Crippen molar-refractivity contribution in [3.8, 4) is 0 Å². The minimum atomic E-state index is -0.580. The molecule has 1 aromatic heterocycles. The van der Waals surface area contributed by atoms with Crippen molar-refractivity contribution >= 4 is 16.8 Å². The first-order valence-corrected chi connectivity index (χ1v) is 7.60. The molecule has 4 rings (SSSR count). The molecule has 0 aliphatic carbocycles. The quantitative estimate of drug-likeness (QED) is 0.809. The number of likely N-dealkylation sites (tertiary alicyclic amines) is 1. The van der Waals surface area contributed by atoms with E-state index in [4.69, 9.17) is 9.47 Å². The minimum absolute atomic E-state index is 0.000301. The van der Waals surface area contributed by atoms with E-state index in [-0.39, 0.29) is 5.91 Å². The van der Waals surface area contributed by atoms with E-state index in [2.05, 4.69) is 4.98 Å². The fourth-order valence-corrected chi connectivity index (χ4v) is 3.25. The first-order chi connectivity index (χ1) is 10.7. The zero-order valence-corrected chi connectivity index (χ0v) is 12.5. The van der Waals surface area contributed by atoms with Gasteiger partial charge >= 0.3 is 0 Å². The van der Waals surface area contributed by atoms with Gasteiger partial charge in [-0.25, -0.2) is 0 Å². The third kappa shape index (κ3) is 2.17. The van der Waals surface area contributed by atoms with Crippen LogP contribution in [-0.2, 0) is 9.47 Å². The number of nitrogens with zero attached hydrogens (tertiary/aromatic N) is 2. The molecule has 2 fully saturated rings. The van der Waals surface area contributed by atoms with E-state index in [1.807, 2.05) is 42.2 Å². The molecule has 1 aromatic carbocycles. The molecule has 2 aromatic rings. The second-order valence-corrected chi connectivity index (χ2v) is 5.91. The number of para-hydroxylation sites is 1. The molecule has 0 atom stereocenters. The molecular formula is C17H18N2O3. The average molecular weight is 298 g/mol. The van der Waals surface area contributed by atoms with Gasteiger partial charge in [0, 0.05) is 24.0 Å². The van der Waals surface area contributed by atoms with E-state index in [9.17, 15) is 4.79 Å². The lowest BCUT2D eigenvalue weighted by Crippen LogP contribution is -2.37. The molecule has 0 unspecified atom stereocenters. The summed E-state index contributed by atoms with van der Waals surface area (Å²) in [5.41, 5.74) is 2.33. The van der Waals surface area contributed by atoms with E-state index >= 15 is 0 Å². The van der Waals surface area contributed by atoms with Crippen LogP contribution in [0.25, 0.3) is 10.9 Å². The van der Waals surface area contributed by atoms with Crippen LogP contribution in [0.15, 0.2) is 30.3 Å². The van der Waals surface area contributed by atoms with Crippen molar-refractivity contribution in [2.75, 3.05) is 26.3 Å². The number of hydrogen-bond acceptors (Lipinski definition) is 4. The fourth-order valence-electron chi connectivity index (χ4n) is 3.25. The van der Waals surface area contributed by atoms with Gasteiger partial charge in [-0.1, -0.05) is 18.2 Å². The number of hydrogen-bond donors (Lipinski definition) is 0. The van der Waals surface area contributed by atoms with E-state index in [1.165, 1.54) is 0 Å². The first-order valence-electron chi connectivity index (χ1n) is 7.60. The van der Waals surface area contributed by atoms with Crippen molar-refractivity contribution in [3.63, 3.8) is 0 Å². The Balaban J connectivity index is 1.67. The number of aryl methyl sites for hydroxylation is 1. The summed E-state index contributed by atoms with van der Waals surface area (Å²) in [6, 6.07) is 9.69. The fraction of sp³-hybridized carbons (Fsp3) is 0.412. The summed E-state index contributed by atoms with van der Waals surface area (Å²) in [5.74, 6) is -0.580. The SMILES string of the molecule is Cc1ccc2cccc(C(=O)N3CCC4(C3)OCCO4)c2n1. The highest BCUT2D eigenvalue weighted by Gasteiger charge is 2.45. The van der Waals surface area contributed by atoms with Gasteiger partial charge in [0.2, 0.25) is 0 Å². The molecule has 22 heavy (non-hydrogen) atoms. The number of carbonyl (C=O) groups excluding carboxylic acids is 1. The Morgan fingerprint density at radius 2 is 2.05 bits per heavy atom. The van der Waals surface area contributed by atoms with Gasteiger partial charge in [-0.2, -0.15) is 0 Å². The van der Waals surface area contributed by atoms with Crippen molar-refractivity contribution in [1.82, 2.24) is 9.88 Å². The second kappa shape index (κ2) is 5.04. The van der Waals surface area contributed by atoms with Crippen LogP contribution in [0, 0.1) is 6.92 Å². The number of amides is 1. The van der Waals surface area contributed by atoms with Crippen LogP contribution in [-0.4, -0.2) is 47.9 Å². The number of aromatic nitrogens is 1. The molecule has 0 saturated carbocycles. The first kappa shape index (κ1) is 13.7. The van der Waals surface area contributed by atoms with Gasteiger partial charge in [-0.3, -0.25) is 9.78 Å². The lowest BCUT2D eigenvalue weighted by Gasteiger charge is -2.22. The van der Waals surface area contributed by atoms with Gasteiger partial charge in [0.1, 0.15) is 0 Å². The highest BCUT2D eigenvalue weighted by atomic mass is 16.7. The van der Waals surface area contributed by atoms with E-state index in [0.29, 0.717) is 31.9 Å². The zero-order chi connectivity index (χ0) is 15.2. The lowest BCUT2D eigenvalue weighted by atomic mass is 10.1. The van der Waals surface area contributed by atoms with Crippen molar-refractivity contribution < 1.29 is 14.3 Å². The van der Waals surface area contributed by atoms with Crippen LogP contribution >= 0.6 is 0 Å². The number of rotatable bonds is 1. The molecule has 114 valence electrons. The Hall–Kier alpha value is -1.98. The maximum Gasteiger partial charge on any atom is 0.256 e. The molecule has 2 saturated heterocycles. The summed E-state index contributed by atoms with van der Waals surface area (Å²) in [6.45, 7) is 4.30. The maximum absolute atomic E-state index is 12.9. The predicted molar refractivity (Wildman–Crippen MR) is 81.6 cm³/mol. The maximum atomic E-state index is 12.9. The third-order valence-corrected chi connectivity index (χ3v) is 4.39. The Labute approximate surface area is 128 Å². The van der Waals surface area contributed by atoms with E-state index < -0.39 is 5.79 Å². The largest absolute Gasteiger partial charge is 0.346 e. The molecule has 3 heterocycles. The summed E-state index contributed by atoms with van der Waals surface area (Å²) in [6.07, 6.45) is 0.732. The molecule has 1 spiro atoms. The topological polar surface area (TPSA) is 51.7 Å². The molecule has 0 bridgehead atoms. The standard InChI is InChI=1S/C17H18N2O3/c1-12-5-6-13-3-2-4-14(15(13)18-12)16(20)19-8-7-17(11-19)21-9-10-22-17/h2-6H,7-11H2,1H3. The van der Waals surface area contributed by atoms with Gasteiger partial charge in [-0.05, 0) is 19.1 Å². The van der Waals surface area contributed by atoms with Crippen LogP contribution < -0.4 is 0 Å². The summed E-state index contributed by atoms with van der Waals surface area (Å²) in [5, 5.41) is 0.985. The lowest BCUT2D eigenvalue weighted by molar-refractivity contribution is -0.143. The van der Waals surface area contributed by atoms with Crippen LogP contribution in [0.1, 0.15) is 22.5 Å². The van der Waals surface area contributed by atoms with E-state index in [1.54, 1.807) is 0 Å². The van der Waals surface area contributed by atoms with Crippen LogP contribution in [0.5, 0.6) is 0 Å². The smallest absolute Gasteiger partial charge is 0.256 e. The molecule has 5 nitrogen and oxygen atoms in total. The molecular weight excluding hydrogens is 280 g/mol. The number of pyridine rings is 1. The van der Waals surface area contributed by atoms with Crippen molar-refractivity contribution in [2.24, 2.45) is 0 Å². The molecule has 2 aliphatic rings. The van der Waals surface area contributed by atoms with Crippen LogP contribution in [0.4, 0.5) is 0 Å². The normalized spacial score (nSPS) is 20.1. The average Bonchev–Trinajstić information content (AvgIpc) is 3.16. The van der Waals surface area contributed by atoms with E-state index in [0.717, 1.165) is 23.0 Å². The highest BCUT2D eigenvalue weighted by Crippen LogP contribution is 2.31. The third-order valence-electron chi connectivity index (χ3n) is 4.39. The number of fused-ring (bicyclic) bond motifs is 1. The summed E-state index contributed by atoms with van der Waals surface area (Å²) in [4.78, 5) is 19.2. The Morgan fingerprint density at radius 1 is 1.23 bits per heavy atom.